The van der Waals surface area contributed by atoms with Crippen LogP contribution in [-0.4, -0.2) is 34.7 Å². The van der Waals surface area contributed by atoms with E-state index in [-0.39, 0.29) is 0 Å². The Morgan fingerprint density at radius 2 is 1.82 bits per heavy atom. The van der Waals surface area contributed by atoms with E-state index in [4.69, 9.17) is 5.11 Å². The van der Waals surface area contributed by atoms with Gasteiger partial charge in [0.15, 0.2) is 5.78 Å². The van der Waals surface area contributed by atoms with Crippen LogP contribution in [0.1, 0.15) is 26.7 Å². The number of hydrogen-bond acceptors (Lipinski definition) is 6. The molecule has 0 unspecified atom stereocenters. The summed E-state index contributed by atoms with van der Waals surface area (Å²) in [6, 6.07) is 9.66. The first kappa shape index (κ1) is 17.7. The van der Waals surface area contributed by atoms with Crippen LogP contribution in [0.2, 0.25) is 0 Å². The highest BCUT2D eigenvalue weighted by atomic mass is 32.1. The zero-order valence-corrected chi connectivity index (χ0v) is 12.8. The lowest BCUT2D eigenvalue weighted by Crippen LogP contribution is -2.16. The van der Waals surface area contributed by atoms with Gasteiger partial charge >= 0.3 is 5.97 Å². The van der Waals surface area contributed by atoms with Crippen molar-refractivity contribution in [3.8, 4) is 0 Å². The highest BCUT2D eigenvalue weighted by molar-refractivity contribution is 7.13. The highest BCUT2D eigenvalue weighted by Crippen LogP contribution is 2.18. The van der Waals surface area contributed by atoms with Crippen LogP contribution in [0.25, 0.3) is 0 Å². The number of nitrogens with zero attached hydrogens (tertiary/aromatic N) is 1. The van der Waals surface area contributed by atoms with Gasteiger partial charge in [0.1, 0.15) is 0 Å². The standard InChI is InChI=1S/C14H11NO4S.CH5N/c16-10(7-11(17)14(18)19)12-8-15-13(20-12)6-9-4-2-1-3-5-9;1-2/h1-5,8H,6-7H2,(H,18,19);2H2,1H3. The summed E-state index contributed by atoms with van der Waals surface area (Å²) in [5.41, 5.74) is 5.57. The van der Waals surface area contributed by atoms with E-state index in [0.29, 0.717) is 11.3 Å². The number of benzene rings is 1. The molecule has 0 amide bonds. The third-order valence-corrected chi connectivity index (χ3v) is 3.62. The lowest BCUT2D eigenvalue weighted by molar-refractivity contribution is -0.148. The van der Waals surface area contributed by atoms with Crippen molar-refractivity contribution in [2.24, 2.45) is 5.73 Å². The van der Waals surface area contributed by atoms with Crippen molar-refractivity contribution in [3.63, 3.8) is 0 Å². The van der Waals surface area contributed by atoms with E-state index in [9.17, 15) is 14.4 Å². The molecule has 0 radical (unpaired) electrons. The van der Waals surface area contributed by atoms with E-state index in [1.165, 1.54) is 24.6 Å². The fraction of sp³-hybridized carbons (Fsp3) is 0.200. The zero-order chi connectivity index (χ0) is 16.5. The van der Waals surface area contributed by atoms with E-state index >= 15 is 0 Å². The molecule has 0 spiro atoms. The van der Waals surface area contributed by atoms with Crippen molar-refractivity contribution in [3.05, 3.63) is 52.0 Å². The molecule has 0 bridgehead atoms. The second-order valence-corrected chi connectivity index (χ2v) is 5.22. The third kappa shape index (κ3) is 5.19. The fourth-order valence-corrected chi connectivity index (χ4v) is 2.49. The number of carbonyl (C=O) groups is 3. The first-order chi connectivity index (χ1) is 10.6. The molecule has 0 saturated carbocycles. The number of aliphatic carboxylic acids is 1. The van der Waals surface area contributed by atoms with Crippen LogP contribution >= 0.6 is 11.3 Å². The first-order valence-corrected chi connectivity index (χ1v) is 7.23. The number of aromatic nitrogens is 1. The van der Waals surface area contributed by atoms with E-state index in [2.05, 4.69) is 10.7 Å². The smallest absolute Gasteiger partial charge is 0.372 e. The Kier molecular flexibility index (Phi) is 7.07. The quantitative estimate of drug-likeness (QED) is 0.474. The molecule has 0 aliphatic carbocycles. The second kappa shape index (κ2) is 8.81. The molecule has 3 N–H and O–H groups in total. The van der Waals surface area contributed by atoms with Gasteiger partial charge in [0.05, 0.1) is 16.3 Å². The van der Waals surface area contributed by atoms with Crippen LogP contribution in [0.4, 0.5) is 0 Å². The summed E-state index contributed by atoms with van der Waals surface area (Å²) < 4.78 is 0. The second-order valence-electron chi connectivity index (χ2n) is 4.11. The van der Waals surface area contributed by atoms with Gasteiger partial charge in [-0.15, -0.1) is 11.3 Å². The van der Waals surface area contributed by atoms with Crippen LogP contribution < -0.4 is 5.73 Å². The van der Waals surface area contributed by atoms with Gasteiger partial charge in [-0.1, -0.05) is 30.3 Å². The Balaban J connectivity index is 0.00000116. The molecule has 1 aromatic heterocycles. The maximum atomic E-state index is 11.7. The molecule has 0 aliphatic rings. The molecular formula is C15H16N2O4S. The molecule has 22 heavy (non-hydrogen) atoms. The van der Waals surface area contributed by atoms with Gasteiger partial charge in [0.25, 0.3) is 0 Å². The zero-order valence-electron chi connectivity index (χ0n) is 12.0. The lowest BCUT2D eigenvalue weighted by Gasteiger charge is -1.96. The highest BCUT2D eigenvalue weighted by Gasteiger charge is 2.19. The SMILES string of the molecule is CN.O=C(O)C(=O)CC(=O)c1cnc(Cc2ccccc2)s1. The van der Waals surface area contributed by atoms with Gasteiger partial charge in [0, 0.05) is 12.6 Å². The lowest BCUT2D eigenvalue weighted by atomic mass is 10.2. The summed E-state index contributed by atoms with van der Waals surface area (Å²) >= 11 is 1.18. The third-order valence-electron chi connectivity index (χ3n) is 2.59. The minimum atomic E-state index is -1.59. The molecule has 1 aromatic carbocycles. The van der Waals surface area contributed by atoms with Crippen LogP contribution in [0.15, 0.2) is 36.5 Å². The van der Waals surface area contributed by atoms with Gasteiger partial charge in [0.2, 0.25) is 5.78 Å². The number of Topliss-reactive ketones (excluding diaryl/α,β-unsaturated/α-hetero) is 2. The van der Waals surface area contributed by atoms with E-state index in [1.807, 2.05) is 30.3 Å². The average Bonchev–Trinajstić information content (AvgIpc) is 2.98. The minimum Gasteiger partial charge on any atom is -0.475 e. The number of carbonyl (C=O) groups excluding carboxylic acids is 2. The molecule has 6 nitrogen and oxygen atoms in total. The van der Waals surface area contributed by atoms with Crippen LogP contribution in [0.3, 0.4) is 0 Å². The maximum Gasteiger partial charge on any atom is 0.372 e. The predicted octanol–water partition coefficient (Wildman–Crippen LogP) is 1.54. The Bertz CT molecular complexity index is 653. The summed E-state index contributed by atoms with van der Waals surface area (Å²) in [6.45, 7) is 0. The van der Waals surface area contributed by atoms with Gasteiger partial charge in [-0.05, 0) is 12.6 Å². The number of carboxylic acids is 1. The van der Waals surface area contributed by atoms with Crippen LogP contribution in [0.5, 0.6) is 0 Å². The average molecular weight is 320 g/mol. The van der Waals surface area contributed by atoms with Crippen LogP contribution in [-0.2, 0) is 16.0 Å². The molecular weight excluding hydrogens is 304 g/mol. The van der Waals surface area contributed by atoms with Gasteiger partial charge in [-0.25, -0.2) is 9.78 Å². The minimum absolute atomic E-state index is 0.311. The summed E-state index contributed by atoms with van der Waals surface area (Å²) in [7, 11) is 1.50. The molecule has 116 valence electrons. The topological polar surface area (TPSA) is 110 Å². The summed E-state index contributed by atoms with van der Waals surface area (Å²) in [6.07, 6.45) is 1.37. The van der Waals surface area contributed by atoms with Crippen molar-refractivity contribution in [2.75, 3.05) is 7.05 Å². The van der Waals surface area contributed by atoms with Crippen molar-refractivity contribution < 1.29 is 19.5 Å². The molecule has 0 fully saturated rings. The Morgan fingerprint density at radius 3 is 2.41 bits per heavy atom. The molecule has 0 aliphatic heterocycles. The fourth-order valence-electron chi connectivity index (χ4n) is 1.60. The van der Waals surface area contributed by atoms with Gasteiger partial charge in [-0.3, -0.25) is 9.59 Å². The van der Waals surface area contributed by atoms with E-state index < -0.39 is 24.0 Å². The Morgan fingerprint density at radius 1 is 1.18 bits per heavy atom. The number of thiazole rings is 1. The van der Waals surface area contributed by atoms with E-state index in [1.54, 1.807) is 0 Å². The molecule has 2 rings (SSSR count). The number of rotatable bonds is 6. The van der Waals surface area contributed by atoms with Gasteiger partial charge in [-0.2, -0.15) is 0 Å². The molecule has 1 heterocycles. The van der Waals surface area contributed by atoms with Crippen molar-refractivity contribution in [2.45, 2.75) is 12.8 Å². The summed E-state index contributed by atoms with van der Waals surface area (Å²) in [4.78, 5) is 37.5. The summed E-state index contributed by atoms with van der Waals surface area (Å²) in [5, 5.41) is 9.22. The van der Waals surface area contributed by atoms with Crippen LogP contribution in [0, 0.1) is 0 Å². The number of ketones is 2. The number of carboxylic acid groups (broad SMARTS) is 1. The van der Waals surface area contributed by atoms with E-state index in [0.717, 1.165) is 10.6 Å². The Labute approximate surface area is 131 Å². The van der Waals surface area contributed by atoms with Crippen molar-refractivity contribution >= 4 is 28.9 Å². The number of hydrogen-bond donors (Lipinski definition) is 2. The van der Waals surface area contributed by atoms with Crippen molar-refractivity contribution in [1.82, 2.24) is 4.98 Å². The maximum absolute atomic E-state index is 11.7. The molecule has 0 atom stereocenters. The molecule has 2 aromatic rings. The monoisotopic (exact) mass is 320 g/mol. The largest absolute Gasteiger partial charge is 0.475 e. The van der Waals surface area contributed by atoms with Crippen molar-refractivity contribution in [1.29, 1.82) is 0 Å². The predicted molar refractivity (Wildman–Crippen MR) is 83.1 cm³/mol. The normalized spacial score (nSPS) is 9.55. The summed E-state index contributed by atoms with van der Waals surface area (Å²) in [5.74, 6) is -3.20. The molecule has 0 saturated heterocycles. The van der Waals surface area contributed by atoms with Gasteiger partial charge < -0.3 is 10.8 Å². The Hall–Kier alpha value is -2.38. The molecule has 7 heteroatoms. The first-order valence-electron chi connectivity index (χ1n) is 6.42. The number of nitrogens with two attached hydrogens (primary N) is 1.